The molecular weight excluding hydrogens is 457 g/mol. The third-order valence-corrected chi connectivity index (χ3v) is 6.82. The zero-order valence-electron chi connectivity index (χ0n) is 20.7. The van der Waals surface area contributed by atoms with Gasteiger partial charge in [0.25, 0.3) is 0 Å². The molecule has 0 aliphatic carbocycles. The molecule has 1 aliphatic rings. The molecule has 0 amide bonds. The van der Waals surface area contributed by atoms with E-state index in [4.69, 9.17) is 9.97 Å². The second-order valence-electron chi connectivity index (χ2n) is 9.41. The number of phenolic OH excluding ortho intramolecular Hbond substituents is 1. The second kappa shape index (κ2) is 10.5. The highest BCUT2D eigenvalue weighted by Gasteiger charge is 2.21. The Morgan fingerprint density at radius 3 is 2.56 bits per heavy atom. The third kappa shape index (κ3) is 5.26. The topological polar surface area (TPSA) is 82.3 Å². The lowest BCUT2D eigenvalue weighted by molar-refractivity contribution is 0.360. The van der Waals surface area contributed by atoms with Gasteiger partial charge in [-0.25, -0.2) is 9.37 Å². The Morgan fingerprint density at radius 2 is 1.78 bits per heavy atom. The molecule has 0 saturated carbocycles. The molecule has 0 spiro atoms. The Morgan fingerprint density at radius 1 is 1.00 bits per heavy atom. The number of aromatic hydroxyl groups is 1. The van der Waals surface area contributed by atoms with Crippen molar-refractivity contribution in [2.24, 2.45) is 0 Å². The van der Waals surface area contributed by atoms with Gasteiger partial charge < -0.3 is 24.8 Å². The van der Waals surface area contributed by atoms with E-state index in [1.54, 1.807) is 30.6 Å². The molecule has 9 heteroatoms. The Bertz CT molecular complexity index is 1310. The summed E-state index contributed by atoms with van der Waals surface area (Å²) in [5.41, 5.74) is 3.57. The summed E-state index contributed by atoms with van der Waals surface area (Å²) in [6.07, 6.45) is 3.62. The number of likely N-dealkylation sites (N-methyl/N-ethyl adjacent to an activating group) is 1. The smallest absolute Gasteiger partial charge is 0.229 e. The fraction of sp³-hybridized carbons (Fsp3) is 0.370. The summed E-state index contributed by atoms with van der Waals surface area (Å²) < 4.78 is 15.5. The lowest BCUT2D eigenvalue weighted by atomic mass is 10.1. The van der Waals surface area contributed by atoms with Crippen molar-refractivity contribution in [2.45, 2.75) is 25.8 Å². The minimum atomic E-state index is -0.253. The fourth-order valence-electron chi connectivity index (χ4n) is 4.59. The summed E-state index contributed by atoms with van der Waals surface area (Å²) in [6.45, 7) is 6.49. The van der Waals surface area contributed by atoms with Crippen LogP contribution in [-0.2, 0) is 6.42 Å². The summed E-state index contributed by atoms with van der Waals surface area (Å²) >= 11 is 0. The first kappa shape index (κ1) is 24.0. The first-order valence-electron chi connectivity index (χ1n) is 12.4. The summed E-state index contributed by atoms with van der Waals surface area (Å²) in [4.78, 5) is 19.1. The number of benzene rings is 2. The molecule has 4 aromatic rings. The highest BCUT2D eigenvalue weighted by molar-refractivity contribution is 5.84. The molecular formula is C27H32FN7O. The molecule has 2 aromatic heterocycles. The second-order valence-corrected chi connectivity index (χ2v) is 9.41. The van der Waals surface area contributed by atoms with E-state index in [-0.39, 0.29) is 17.6 Å². The van der Waals surface area contributed by atoms with Gasteiger partial charge in [0, 0.05) is 26.2 Å². The van der Waals surface area contributed by atoms with Crippen molar-refractivity contribution in [3.63, 3.8) is 0 Å². The van der Waals surface area contributed by atoms with Gasteiger partial charge in [-0.1, -0.05) is 24.3 Å². The molecule has 0 radical (unpaired) electrons. The number of halogens is 1. The van der Waals surface area contributed by atoms with Crippen LogP contribution in [0.5, 0.6) is 5.75 Å². The quantitative estimate of drug-likeness (QED) is 0.405. The maximum atomic E-state index is 13.5. The number of aromatic nitrogens is 4. The maximum Gasteiger partial charge on any atom is 0.229 e. The Kier molecular flexibility index (Phi) is 6.99. The number of imidazole rings is 1. The van der Waals surface area contributed by atoms with E-state index in [9.17, 15) is 9.50 Å². The van der Waals surface area contributed by atoms with Gasteiger partial charge in [-0.2, -0.15) is 9.97 Å². The predicted octanol–water partition coefficient (Wildman–Crippen LogP) is 4.08. The van der Waals surface area contributed by atoms with Crippen LogP contribution in [0, 0.1) is 5.82 Å². The molecule has 1 aliphatic heterocycles. The summed E-state index contributed by atoms with van der Waals surface area (Å²) in [5, 5.41) is 13.0. The highest BCUT2D eigenvalue weighted by atomic mass is 19.1. The number of hydrogen-bond donors (Lipinski definition) is 2. The Labute approximate surface area is 210 Å². The van der Waals surface area contributed by atoms with Crippen molar-refractivity contribution in [3.05, 3.63) is 71.8 Å². The van der Waals surface area contributed by atoms with E-state index >= 15 is 0 Å². The van der Waals surface area contributed by atoms with Gasteiger partial charge in [-0.05, 0) is 68.8 Å². The van der Waals surface area contributed by atoms with Crippen molar-refractivity contribution < 1.29 is 9.50 Å². The average molecular weight is 490 g/mol. The number of hydrogen-bond acceptors (Lipinski definition) is 7. The van der Waals surface area contributed by atoms with Crippen LogP contribution in [0.15, 0.2) is 54.9 Å². The van der Waals surface area contributed by atoms with E-state index in [1.807, 2.05) is 16.7 Å². The first-order chi connectivity index (χ1) is 17.5. The van der Waals surface area contributed by atoms with Crippen molar-refractivity contribution >= 4 is 22.9 Å². The predicted molar refractivity (Wildman–Crippen MR) is 140 cm³/mol. The van der Waals surface area contributed by atoms with E-state index < -0.39 is 0 Å². The molecule has 2 aromatic carbocycles. The molecule has 36 heavy (non-hydrogen) atoms. The minimum absolute atomic E-state index is 0.0709. The highest BCUT2D eigenvalue weighted by Crippen LogP contribution is 2.28. The van der Waals surface area contributed by atoms with Gasteiger partial charge >= 0.3 is 0 Å². The average Bonchev–Trinajstić information content (AvgIpc) is 3.19. The van der Waals surface area contributed by atoms with Gasteiger partial charge in [-0.3, -0.25) is 0 Å². The zero-order chi connectivity index (χ0) is 25.1. The standard InChI is InChI=1S/C27H32FN7O/c1-19(21-6-8-22(28)9-7-21)35-18-30-24-25(29-13-12-20-4-10-23(36)11-5-20)31-27(32-26(24)35)34-15-3-14-33(2)16-17-34/h4-11,18-19,36H,3,12-17H2,1-2H3,(H,29,31,32). The van der Waals surface area contributed by atoms with Crippen LogP contribution in [0.4, 0.5) is 16.2 Å². The number of nitrogens with zero attached hydrogens (tertiary/aromatic N) is 6. The van der Waals surface area contributed by atoms with Gasteiger partial charge in [-0.15, -0.1) is 0 Å². The number of rotatable bonds is 7. The van der Waals surface area contributed by atoms with Crippen molar-refractivity contribution in [1.29, 1.82) is 0 Å². The molecule has 1 atom stereocenters. The summed E-state index contributed by atoms with van der Waals surface area (Å²) in [7, 11) is 2.14. The molecule has 5 rings (SSSR count). The van der Waals surface area contributed by atoms with Crippen LogP contribution in [-0.4, -0.2) is 69.3 Å². The summed E-state index contributed by atoms with van der Waals surface area (Å²) in [5.74, 6) is 1.41. The van der Waals surface area contributed by atoms with Crippen LogP contribution in [0.3, 0.4) is 0 Å². The van der Waals surface area contributed by atoms with Crippen molar-refractivity contribution in [1.82, 2.24) is 24.4 Å². The van der Waals surface area contributed by atoms with Gasteiger partial charge in [0.1, 0.15) is 11.6 Å². The van der Waals surface area contributed by atoms with Crippen LogP contribution in [0.2, 0.25) is 0 Å². The van der Waals surface area contributed by atoms with Crippen LogP contribution in [0.1, 0.15) is 30.5 Å². The molecule has 0 bridgehead atoms. The van der Waals surface area contributed by atoms with E-state index in [0.717, 1.165) is 55.8 Å². The van der Waals surface area contributed by atoms with E-state index in [2.05, 4.69) is 34.1 Å². The van der Waals surface area contributed by atoms with Crippen molar-refractivity contribution in [3.8, 4) is 5.75 Å². The Hall–Kier alpha value is -3.72. The van der Waals surface area contributed by atoms with Crippen LogP contribution < -0.4 is 10.2 Å². The van der Waals surface area contributed by atoms with E-state index in [1.165, 1.54) is 12.1 Å². The molecule has 188 valence electrons. The SMILES string of the molecule is CC(c1ccc(F)cc1)n1cnc2c(NCCc3ccc(O)cc3)nc(N3CCCN(C)CC3)nc21. The lowest BCUT2D eigenvalue weighted by Gasteiger charge is -2.22. The third-order valence-electron chi connectivity index (χ3n) is 6.82. The maximum absolute atomic E-state index is 13.5. The molecule has 1 fully saturated rings. The van der Waals surface area contributed by atoms with E-state index in [0.29, 0.717) is 23.8 Å². The number of phenols is 1. The lowest BCUT2D eigenvalue weighted by Crippen LogP contribution is -2.30. The van der Waals surface area contributed by atoms with Gasteiger partial charge in [0.05, 0.1) is 12.4 Å². The molecule has 2 N–H and O–H groups in total. The normalized spacial score (nSPS) is 15.7. The number of anilines is 2. The van der Waals surface area contributed by atoms with Crippen LogP contribution in [0.25, 0.3) is 11.2 Å². The monoisotopic (exact) mass is 489 g/mol. The Balaban J connectivity index is 1.47. The first-order valence-corrected chi connectivity index (χ1v) is 12.4. The van der Waals surface area contributed by atoms with Crippen molar-refractivity contribution in [2.75, 3.05) is 50.0 Å². The summed E-state index contributed by atoms with van der Waals surface area (Å²) in [6, 6.07) is 13.7. The molecule has 1 unspecified atom stereocenters. The molecule has 8 nitrogen and oxygen atoms in total. The zero-order valence-corrected chi connectivity index (χ0v) is 20.7. The fourth-order valence-corrected chi connectivity index (χ4v) is 4.59. The molecule has 1 saturated heterocycles. The number of nitrogens with one attached hydrogen (secondary N) is 1. The minimum Gasteiger partial charge on any atom is -0.508 e. The van der Waals surface area contributed by atoms with Crippen LogP contribution >= 0.6 is 0 Å². The van der Waals surface area contributed by atoms with Gasteiger partial charge in [0.2, 0.25) is 5.95 Å². The molecule has 3 heterocycles. The van der Waals surface area contributed by atoms with Gasteiger partial charge in [0.15, 0.2) is 17.0 Å². The largest absolute Gasteiger partial charge is 0.508 e. The number of fused-ring (bicyclic) bond motifs is 1.